The van der Waals surface area contributed by atoms with Gasteiger partial charge >= 0.3 is 0 Å². The Labute approximate surface area is 101 Å². The van der Waals surface area contributed by atoms with E-state index in [0.29, 0.717) is 5.25 Å². The summed E-state index contributed by atoms with van der Waals surface area (Å²) < 4.78 is 13.8. The zero-order valence-electron chi connectivity index (χ0n) is 9.63. The highest BCUT2D eigenvalue weighted by molar-refractivity contribution is 8.00. The number of hydrogen-bond acceptors (Lipinski definition) is 2. The largest absolute Gasteiger partial charge is 0.316 e. The second kappa shape index (κ2) is 5.69. The molecule has 1 aliphatic rings. The van der Waals surface area contributed by atoms with Crippen LogP contribution in [0.5, 0.6) is 0 Å². The van der Waals surface area contributed by atoms with Crippen LogP contribution < -0.4 is 5.32 Å². The average molecular weight is 239 g/mol. The summed E-state index contributed by atoms with van der Waals surface area (Å²) in [6, 6.07) is 5.37. The number of hydrogen-bond donors (Lipinski definition) is 1. The Balaban J connectivity index is 2.16. The summed E-state index contributed by atoms with van der Waals surface area (Å²) in [5.74, 6) is -0.0651. The maximum atomic E-state index is 13.8. The van der Waals surface area contributed by atoms with Crippen molar-refractivity contribution in [1.82, 2.24) is 5.32 Å². The van der Waals surface area contributed by atoms with E-state index >= 15 is 0 Å². The third-order valence-corrected chi connectivity index (χ3v) is 4.50. The molecule has 1 nitrogen and oxygen atoms in total. The van der Waals surface area contributed by atoms with E-state index in [1.54, 1.807) is 23.9 Å². The van der Waals surface area contributed by atoms with Crippen LogP contribution in [0.15, 0.2) is 23.1 Å². The number of nitrogens with one attached hydrogen (secondary N) is 1. The van der Waals surface area contributed by atoms with Crippen LogP contribution >= 0.6 is 11.8 Å². The highest BCUT2D eigenvalue weighted by Crippen LogP contribution is 2.37. The summed E-state index contributed by atoms with van der Waals surface area (Å²) in [5, 5.41) is 3.71. The Morgan fingerprint density at radius 3 is 2.81 bits per heavy atom. The summed E-state index contributed by atoms with van der Waals surface area (Å²) >= 11 is 1.73. The van der Waals surface area contributed by atoms with Crippen LogP contribution in [0.2, 0.25) is 0 Å². The molecule has 0 unspecified atom stereocenters. The normalized spacial score (nSPS) is 16.9. The van der Waals surface area contributed by atoms with Crippen LogP contribution in [0, 0.1) is 5.82 Å². The van der Waals surface area contributed by atoms with Crippen molar-refractivity contribution in [3.8, 4) is 0 Å². The van der Waals surface area contributed by atoms with Crippen LogP contribution in [0.4, 0.5) is 4.39 Å². The molecule has 0 spiro atoms. The first-order valence-electron chi connectivity index (χ1n) is 5.90. The zero-order chi connectivity index (χ0) is 11.4. The predicted octanol–water partition coefficient (Wildman–Crippen LogP) is 3.58. The molecule has 1 fully saturated rings. The molecule has 88 valence electrons. The third-order valence-electron chi connectivity index (χ3n) is 3.00. The molecule has 0 amide bonds. The van der Waals surface area contributed by atoms with E-state index < -0.39 is 0 Å². The van der Waals surface area contributed by atoms with E-state index in [0.717, 1.165) is 17.0 Å². The molecule has 0 aliphatic heterocycles. The Morgan fingerprint density at radius 1 is 1.38 bits per heavy atom. The summed E-state index contributed by atoms with van der Waals surface area (Å²) in [6.07, 6.45) is 5.07. The molecule has 0 saturated heterocycles. The standard InChI is InChI=1S/C13H18FNS/c1-15-9-10-5-4-8-12(14)13(10)16-11-6-2-3-7-11/h4-5,8,11,15H,2-3,6-7,9H2,1H3. The van der Waals surface area contributed by atoms with Crippen molar-refractivity contribution in [3.05, 3.63) is 29.6 Å². The topological polar surface area (TPSA) is 12.0 Å². The van der Waals surface area contributed by atoms with Gasteiger partial charge in [-0.15, -0.1) is 11.8 Å². The molecular formula is C13H18FNS. The van der Waals surface area contributed by atoms with E-state index in [1.165, 1.54) is 25.7 Å². The van der Waals surface area contributed by atoms with Gasteiger partial charge in [-0.1, -0.05) is 25.0 Å². The van der Waals surface area contributed by atoms with Crippen molar-refractivity contribution in [3.63, 3.8) is 0 Å². The molecule has 0 aromatic heterocycles. The molecular weight excluding hydrogens is 221 g/mol. The smallest absolute Gasteiger partial charge is 0.137 e. The quantitative estimate of drug-likeness (QED) is 0.862. The molecule has 0 heterocycles. The van der Waals surface area contributed by atoms with Crippen molar-refractivity contribution < 1.29 is 4.39 Å². The van der Waals surface area contributed by atoms with E-state index in [9.17, 15) is 4.39 Å². The molecule has 0 radical (unpaired) electrons. The summed E-state index contributed by atoms with van der Waals surface area (Å²) in [7, 11) is 1.90. The lowest BCUT2D eigenvalue weighted by atomic mass is 10.2. The first kappa shape index (κ1) is 11.9. The Hall–Kier alpha value is -0.540. The van der Waals surface area contributed by atoms with E-state index in [2.05, 4.69) is 5.32 Å². The molecule has 3 heteroatoms. The summed E-state index contributed by atoms with van der Waals surface area (Å²) in [4.78, 5) is 0.851. The minimum absolute atomic E-state index is 0.0651. The summed E-state index contributed by atoms with van der Waals surface area (Å²) in [6.45, 7) is 0.743. The average Bonchev–Trinajstić information content (AvgIpc) is 2.76. The fraction of sp³-hybridized carbons (Fsp3) is 0.538. The lowest BCUT2D eigenvalue weighted by Gasteiger charge is -2.13. The molecule has 2 rings (SSSR count). The number of benzene rings is 1. The second-order valence-electron chi connectivity index (χ2n) is 4.28. The van der Waals surface area contributed by atoms with Crippen LogP contribution in [0.1, 0.15) is 31.2 Å². The number of thioether (sulfide) groups is 1. The van der Waals surface area contributed by atoms with Crippen molar-refractivity contribution in [2.75, 3.05) is 7.05 Å². The highest BCUT2D eigenvalue weighted by Gasteiger charge is 2.19. The van der Waals surface area contributed by atoms with E-state index in [1.807, 2.05) is 13.1 Å². The first-order chi connectivity index (χ1) is 7.81. The van der Waals surface area contributed by atoms with Gasteiger partial charge in [-0.2, -0.15) is 0 Å². The van der Waals surface area contributed by atoms with Crippen LogP contribution in [-0.2, 0) is 6.54 Å². The van der Waals surface area contributed by atoms with Crippen LogP contribution in [0.3, 0.4) is 0 Å². The predicted molar refractivity (Wildman–Crippen MR) is 67.3 cm³/mol. The maximum Gasteiger partial charge on any atom is 0.137 e. The van der Waals surface area contributed by atoms with Gasteiger partial charge in [0, 0.05) is 16.7 Å². The summed E-state index contributed by atoms with van der Waals surface area (Å²) in [5.41, 5.74) is 1.08. The molecule has 0 atom stereocenters. The lowest BCUT2D eigenvalue weighted by molar-refractivity contribution is 0.593. The van der Waals surface area contributed by atoms with Gasteiger partial charge in [-0.05, 0) is 31.5 Å². The van der Waals surface area contributed by atoms with Gasteiger partial charge in [-0.25, -0.2) is 4.39 Å². The fourth-order valence-corrected chi connectivity index (χ4v) is 3.56. The minimum atomic E-state index is -0.0651. The highest BCUT2D eigenvalue weighted by atomic mass is 32.2. The molecule has 1 aliphatic carbocycles. The SMILES string of the molecule is CNCc1cccc(F)c1SC1CCCC1. The Kier molecular flexibility index (Phi) is 4.24. The van der Waals surface area contributed by atoms with Crippen molar-refractivity contribution >= 4 is 11.8 Å². The van der Waals surface area contributed by atoms with E-state index in [4.69, 9.17) is 0 Å². The lowest BCUT2D eigenvalue weighted by Crippen LogP contribution is -2.08. The van der Waals surface area contributed by atoms with Crippen LogP contribution in [-0.4, -0.2) is 12.3 Å². The van der Waals surface area contributed by atoms with Crippen molar-refractivity contribution in [2.45, 2.75) is 42.4 Å². The van der Waals surface area contributed by atoms with Gasteiger partial charge in [-0.3, -0.25) is 0 Å². The minimum Gasteiger partial charge on any atom is -0.316 e. The fourth-order valence-electron chi connectivity index (χ4n) is 2.19. The Morgan fingerprint density at radius 2 is 2.12 bits per heavy atom. The molecule has 1 aromatic rings. The third kappa shape index (κ3) is 2.77. The molecule has 0 bridgehead atoms. The molecule has 1 aromatic carbocycles. The van der Waals surface area contributed by atoms with Gasteiger partial charge in [0.15, 0.2) is 0 Å². The maximum absolute atomic E-state index is 13.8. The van der Waals surface area contributed by atoms with Gasteiger partial charge in [0.25, 0.3) is 0 Å². The van der Waals surface area contributed by atoms with Gasteiger partial charge in [0.2, 0.25) is 0 Å². The van der Waals surface area contributed by atoms with Gasteiger partial charge in [0.1, 0.15) is 5.82 Å². The van der Waals surface area contributed by atoms with Crippen molar-refractivity contribution in [1.29, 1.82) is 0 Å². The molecule has 1 N–H and O–H groups in total. The second-order valence-corrected chi connectivity index (χ2v) is 5.59. The molecule has 1 saturated carbocycles. The first-order valence-corrected chi connectivity index (χ1v) is 6.78. The van der Waals surface area contributed by atoms with Gasteiger partial charge < -0.3 is 5.32 Å². The Bertz CT molecular complexity index is 348. The molecule has 16 heavy (non-hydrogen) atoms. The van der Waals surface area contributed by atoms with Gasteiger partial charge in [0.05, 0.1) is 0 Å². The monoisotopic (exact) mass is 239 g/mol. The van der Waals surface area contributed by atoms with Crippen LogP contribution in [0.25, 0.3) is 0 Å². The van der Waals surface area contributed by atoms with E-state index in [-0.39, 0.29) is 5.82 Å². The number of rotatable bonds is 4. The number of halogens is 1. The zero-order valence-corrected chi connectivity index (χ0v) is 10.4. The van der Waals surface area contributed by atoms with Crippen molar-refractivity contribution in [2.24, 2.45) is 0 Å².